The standard InChI is InChI=1S/C15H11F3N2O/c1-10-19-6-7-20(10)13-5-4-11(15(16,17)18)9-12(13)14-3-2-8-21-14/h2-9H,1H3. The molecule has 6 heteroatoms. The van der Waals surface area contributed by atoms with Crippen molar-refractivity contribution < 1.29 is 17.6 Å². The average molecular weight is 292 g/mol. The van der Waals surface area contributed by atoms with Crippen LogP contribution in [-0.2, 0) is 6.18 Å². The summed E-state index contributed by atoms with van der Waals surface area (Å²) in [6.45, 7) is 1.78. The van der Waals surface area contributed by atoms with Gasteiger partial charge in [0.1, 0.15) is 11.6 Å². The van der Waals surface area contributed by atoms with Crippen LogP contribution >= 0.6 is 0 Å². The van der Waals surface area contributed by atoms with Crippen LogP contribution in [0.2, 0.25) is 0 Å². The lowest BCUT2D eigenvalue weighted by atomic mass is 10.1. The van der Waals surface area contributed by atoms with Crippen LogP contribution in [0, 0.1) is 6.92 Å². The smallest absolute Gasteiger partial charge is 0.416 e. The summed E-state index contributed by atoms with van der Waals surface area (Å²) >= 11 is 0. The van der Waals surface area contributed by atoms with Crippen molar-refractivity contribution in [3.8, 4) is 17.0 Å². The Labute approximate surface area is 118 Å². The van der Waals surface area contributed by atoms with Crippen molar-refractivity contribution >= 4 is 0 Å². The fourth-order valence-electron chi connectivity index (χ4n) is 2.18. The van der Waals surface area contributed by atoms with E-state index in [4.69, 9.17) is 4.42 Å². The van der Waals surface area contributed by atoms with Crippen molar-refractivity contribution in [3.63, 3.8) is 0 Å². The third-order valence-corrected chi connectivity index (χ3v) is 3.20. The van der Waals surface area contributed by atoms with Crippen LogP contribution in [0.1, 0.15) is 11.4 Å². The number of hydrogen-bond donors (Lipinski definition) is 0. The molecule has 3 rings (SSSR count). The topological polar surface area (TPSA) is 31.0 Å². The zero-order valence-electron chi connectivity index (χ0n) is 11.1. The van der Waals surface area contributed by atoms with E-state index in [1.165, 1.54) is 12.3 Å². The first-order chi connectivity index (χ1) is 9.97. The summed E-state index contributed by atoms with van der Waals surface area (Å²) in [6, 6.07) is 6.84. The van der Waals surface area contributed by atoms with Gasteiger partial charge in [-0.25, -0.2) is 4.98 Å². The van der Waals surface area contributed by atoms with Gasteiger partial charge in [-0.1, -0.05) is 0 Å². The SMILES string of the molecule is Cc1nccn1-c1ccc(C(F)(F)F)cc1-c1ccco1. The fraction of sp³-hybridized carbons (Fsp3) is 0.133. The molecule has 0 aliphatic heterocycles. The fourth-order valence-corrected chi connectivity index (χ4v) is 2.18. The van der Waals surface area contributed by atoms with Gasteiger partial charge in [0.2, 0.25) is 0 Å². The first-order valence-corrected chi connectivity index (χ1v) is 6.22. The molecule has 3 aromatic rings. The van der Waals surface area contributed by atoms with E-state index in [1.807, 2.05) is 0 Å². The molecule has 0 unspecified atom stereocenters. The molecule has 0 spiro atoms. The minimum Gasteiger partial charge on any atom is -0.464 e. The Morgan fingerprint density at radius 1 is 1.19 bits per heavy atom. The van der Waals surface area contributed by atoms with E-state index >= 15 is 0 Å². The van der Waals surface area contributed by atoms with Crippen molar-refractivity contribution in [1.29, 1.82) is 0 Å². The van der Waals surface area contributed by atoms with Crippen LogP contribution in [0.4, 0.5) is 13.2 Å². The molecular weight excluding hydrogens is 281 g/mol. The average Bonchev–Trinajstić information content (AvgIpc) is 3.08. The Morgan fingerprint density at radius 3 is 2.57 bits per heavy atom. The van der Waals surface area contributed by atoms with Crippen molar-refractivity contribution in [1.82, 2.24) is 9.55 Å². The normalized spacial score (nSPS) is 11.8. The summed E-state index contributed by atoms with van der Waals surface area (Å²) in [5.74, 6) is 1.06. The van der Waals surface area contributed by atoms with E-state index in [-0.39, 0.29) is 0 Å². The van der Waals surface area contributed by atoms with Crippen LogP contribution in [0.15, 0.2) is 53.4 Å². The molecule has 2 aromatic heterocycles. The van der Waals surface area contributed by atoms with Crippen molar-refractivity contribution in [2.75, 3.05) is 0 Å². The molecule has 2 heterocycles. The molecule has 0 aliphatic carbocycles. The highest BCUT2D eigenvalue weighted by Crippen LogP contribution is 2.35. The van der Waals surface area contributed by atoms with Crippen LogP contribution in [0.5, 0.6) is 0 Å². The van der Waals surface area contributed by atoms with Gasteiger partial charge in [0.15, 0.2) is 0 Å². The molecule has 0 fully saturated rings. The van der Waals surface area contributed by atoms with Crippen molar-refractivity contribution in [3.05, 3.63) is 60.4 Å². The summed E-state index contributed by atoms with van der Waals surface area (Å²) in [7, 11) is 0. The minimum atomic E-state index is -4.40. The highest BCUT2D eigenvalue weighted by Gasteiger charge is 2.31. The van der Waals surface area contributed by atoms with E-state index in [0.29, 0.717) is 22.8 Å². The number of aromatic nitrogens is 2. The molecule has 0 saturated heterocycles. The van der Waals surface area contributed by atoms with Gasteiger partial charge in [0.05, 0.1) is 17.5 Å². The summed E-state index contributed by atoms with van der Waals surface area (Å²) in [4.78, 5) is 4.10. The second-order valence-corrected chi connectivity index (χ2v) is 4.55. The maximum Gasteiger partial charge on any atom is 0.416 e. The largest absolute Gasteiger partial charge is 0.464 e. The molecule has 0 atom stereocenters. The van der Waals surface area contributed by atoms with Crippen LogP contribution < -0.4 is 0 Å². The number of alkyl halides is 3. The molecule has 0 aliphatic rings. The first kappa shape index (κ1) is 13.5. The highest BCUT2D eigenvalue weighted by atomic mass is 19.4. The molecule has 0 N–H and O–H groups in total. The van der Waals surface area contributed by atoms with E-state index < -0.39 is 11.7 Å². The maximum atomic E-state index is 12.9. The summed E-state index contributed by atoms with van der Waals surface area (Å²) < 4.78 is 45.7. The number of furan rings is 1. The highest BCUT2D eigenvalue weighted by molar-refractivity contribution is 5.70. The second-order valence-electron chi connectivity index (χ2n) is 4.55. The first-order valence-electron chi connectivity index (χ1n) is 6.22. The lowest BCUT2D eigenvalue weighted by molar-refractivity contribution is -0.137. The number of imidazole rings is 1. The van der Waals surface area contributed by atoms with Crippen molar-refractivity contribution in [2.45, 2.75) is 13.1 Å². The van der Waals surface area contributed by atoms with Gasteiger partial charge in [-0.2, -0.15) is 13.2 Å². The van der Waals surface area contributed by atoms with Gasteiger partial charge in [0, 0.05) is 18.0 Å². The summed E-state index contributed by atoms with van der Waals surface area (Å²) in [5, 5.41) is 0. The van der Waals surface area contributed by atoms with Crippen LogP contribution in [-0.4, -0.2) is 9.55 Å². The van der Waals surface area contributed by atoms with Gasteiger partial charge >= 0.3 is 6.18 Å². The quantitative estimate of drug-likeness (QED) is 0.698. The van der Waals surface area contributed by atoms with Crippen LogP contribution in [0.3, 0.4) is 0 Å². The van der Waals surface area contributed by atoms with Gasteiger partial charge in [-0.05, 0) is 37.3 Å². The third kappa shape index (κ3) is 2.44. The van der Waals surface area contributed by atoms with E-state index in [2.05, 4.69) is 4.98 Å². The molecule has 21 heavy (non-hydrogen) atoms. The summed E-state index contributed by atoms with van der Waals surface area (Å²) in [6.07, 6.45) is 0.327. The van der Waals surface area contributed by atoms with Gasteiger partial charge < -0.3 is 8.98 Å². The molecule has 0 bridgehead atoms. The second kappa shape index (κ2) is 4.80. The van der Waals surface area contributed by atoms with Crippen LogP contribution in [0.25, 0.3) is 17.0 Å². The number of halogens is 3. The van der Waals surface area contributed by atoms with Gasteiger partial charge in [-0.15, -0.1) is 0 Å². The number of aryl methyl sites for hydroxylation is 1. The van der Waals surface area contributed by atoms with Crippen molar-refractivity contribution in [2.24, 2.45) is 0 Å². The number of nitrogens with zero attached hydrogens (tertiary/aromatic N) is 2. The number of hydrogen-bond acceptors (Lipinski definition) is 2. The van der Waals surface area contributed by atoms with Gasteiger partial charge in [-0.3, -0.25) is 0 Å². The molecule has 0 radical (unpaired) electrons. The molecular formula is C15H11F3N2O. The Bertz CT molecular complexity index is 758. The van der Waals surface area contributed by atoms with Gasteiger partial charge in [0.25, 0.3) is 0 Å². The van der Waals surface area contributed by atoms with E-state index in [1.54, 1.807) is 36.0 Å². The predicted molar refractivity (Wildman–Crippen MR) is 71.0 cm³/mol. The van der Waals surface area contributed by atoms with E-state index in [9.17, 15) is 13.2 Å². The molecule has 108 valence electrons. The third-order valence-electron chi connectivity index (χ3n) is 3.20. The zero-order chi connectivity index (χ0) is 15.0. The molecule has 0 amide bonds. The Hall–Kier alpha value is -2.50. The maximum absolute atomic E-state index is 12.9. The molecule has 3 nitrogen and oxygen atoms in total. The summed E-state index contributed by atoms with van der Waals surface area (Å²) in [5.41, 5.74) is 0.249. The molecule has 1 aromatic carbocycles. The Balaban J connectivity index is 2.23. The molecule has 0 saturated carbocycles. The Kier molecular flexibility index (Phi) is 3.08. The monoisotopic (exact) mass is 292 g/mol. The zero-order valence-corrected chi connectivity index (χ0v) is 11.1. The predicted octanol–water partition coefficient (Wildman–Crippen LogP) is 4.46. The van der Waals surface area contributed by atoms with E-state index in [0.717, 1.165) is 12.1 Å². The minimum absolute atomic E-state index is 0.371. The lowest BCUT2D eigenvalue weighted by Gasteiger charge is -2.14. The lowest BCUT2D eigenvalue weighted by Crippen LogP contribution is -2.07. The number of benzene rings is 1. The Morgan fingerprint density at radius 2 is 2.00 bits per heavy atom. The number of rotatable bonds is 2.